The van der Waals surface area contributed by atoms with Gasteiger partial charge in [0.2, 0.25) is 0 Å². The van der Waals surface area contributed by atoms with Crippen molar-refractivity contribution in [1.29, 1.82) is 0 Å². The fourth-order valence-corrected chi connectivity index (χ4v) is 4.52. The average Bonchev–Trinajstić information content (AvgIpc) is 2.59. The molecule has 0 radical (unpaired) electrons. The summed E-state index contributed by atoms with van der Waals surface area (Å²) in [7, 11) is -8.75. The molecule has 0 amide bonds. The van der Waals surface area contributed by atoms with Gasteiger partial charge in [0.05, 0.1) is 12.3 Å². The van der Waals surface area contributed by atoms with E-state index in [1.807, 2.05) is 30.3 Å². The van der Waals surface area contributed by atoms with Gasteiger partial charge in [0.1, 0.15) is 12.4 Å². The molecule has 0 aliphatic heterocycles. The smallest absolute Gasteiger partial charge is 0.329 e. The molecule has 0 aliphatic carbocycles. The first kappa shape index (κ1) is 20.7. The van der Waals surface area contributed by atoms with Crippen molar-refractivity contribution in [3.8, 4) is 5.75 Å². The van der Waals surface area contributed by atoms with Crippen molar-refractivity contribution < 1.29 is 33.4 Å². The maximum absolute atomic E-state index is 11.5. The topological polar surface area (TPSA) is 124 Å². The van der Waals surface area contributed by atoms with Gasteiger partial charge < -0.3 is 24.3 Å². The first-order valence-corrected chi connectivity index (χ1v) is 12.0. The Kier molecular flexibility index (Phi) is 6.06. The van der Waals surface area contributed by atoms with E-state index >= 15 is 0 Å². The number of hydrogen-bond donors (Lipinski definition) is 4. The van der Waals surface area contributed by atoms with Crippen LogP contribution in [0.4, 0.5) is 0 Å². The first-order chi connectivity index (χ1) is 13.1. The van der Waals surface area contributed by atoms with Crippen molar-refractivity contribution in [2.75, 3.05) is 0 Å². The minimum absolute atomic E-state index is 0.288. The minimum atomic E-state index is -4.38. The molecule has 0 bridgehead atoms. The van der Waals surface area contributed by atoms with Crippen LogP contribution in [0.25, 0.3) is 10.8 Å². The lowest BCUT2D eigenvalue weighted by Crippen LogP contribution is -1.99. The monoisotopic (exact) mass is 422 g/mol. The van der Waals surface area contributed by atoms with Crippen LogP contribution in [0, 0.1) is 0 Å². The zero-order valence-electron chi connectivity index (χ0n) is 14.8. The zero-order chi connectivity index (χ0) is 20.4. The van der Waals surface area contributed by atoms with Gasteiger partial charge in [0.25, 0.3) is 0 Å². The summed E-state index contributed by atoms with van der Waals surface area (Å²) in [5.41, 5.74) is 1.58. The molecule has 3 aromatic rings. The molecule has 0 fully saturated rings. The summed E-state index contributed by atoms with van der Waals surface area (Å²) in [6.07, 6.45) is -1.05. The second kappa shape index (κ2) is 8.18. The maximum Gasteiger partial charge on any atom is 0.329 e. The van der Waals surface area contributed by atoms with Crippen LogP contribution in [-0.2, 0) is 28.1 Å². The molecular formula is C19H20O7P2. The summed E-state index contributed by atoms with van der Waals surface area (Å²) in [6, 6.07) is 17.5. The summed E-state index contributed by atoms with van der Waals surface area (Å²) in [5.74, 6) is 0.473. The van der Waals surface area contributed by atoms with Gasteiger partial charge in [-0.25, -0.2) is 0 Å². The Hall–Kier alpha value is -1.98. The van der Waals surface area contributed by atoms with E-state index < -0.39 is 27.5 Å². The van der Waals surface area contributed by atoms with Crippen LogP contribution in [0.15, 0.2) is 60.7 Å². The lowest BCUT2D eigenvalue weighted by atomic mass is 10.00. The fraction of sp³-hybridized carbons (Fsp3) is 0.158. The number of ether oxygens (including phenoxy) is 1. The Bertz CT molecular complexity index is 1040. The highest BCUT2D eigenvalue weighted by Gasteiger charge is 2.22. The van der Waals surface area contributed by atoms with E-state index in [9.17, 15) is 28.7 Å². The van der Waals surface area contributed by atoms with Gasteiger partial charge in [-0.2, -0.15) is 0 Å². The van der Waals surface area contributed by atoms with Crippen LogP contribution < -0.4 is 4.74 Å². The van der Waals surface area contributed by atoms with Crippen molar-refractivity contribution in [3.63, 3.8) is 0 Å². The summed E-state index contributed by atoms with van der Waals surface area (Å²) in [4.78, 5) is 37.6. The summed E-state index contributed by atoms with van der Waals surface area (Å²) < 4.78 is 29.0. The fourth-order valence-electron chi connectivity index (χ4n) is 3.10. The van der Waals surface area contributed by atoms with Crippen molar-refractivity contribution in [3.05, 3.63) is 77.4 Å². The first-order valence-electron chi connectivity index (χ1n) is 8.42. The van der Waals surface area contributed by atoms with Crippen molar-refractivity contribution >= 4 is 26.0 Å². The third-order valence-electron chi connectivity index (χ3n) is 4.16. The van der Waals surface area contributed by atoms with E-state index in [1.54, 1.807) is 24.3 Å². The molecule has 3 aromatic carbocycles. The molecule has 28 heavy (non-hydrogen) atoms. The SMILES string of the molecule is O=P(O)(O)Cc1cccc2c(OCc3ccccc3)ccc(CP(=O)(O)O)c12. The predicted octanol–water partition coefficient (Wildman–Crippen LogP) is 3.77. The van der Waals surface area contributed by atoms with Crippen LogP contribution >= 0.6 is 15.2 Å². The predicted molar refractivity (Wildman–Crippen MR) is 106 cm³/mol. The lowest BCUT2D eigenvalue weighted by molar-refractivity contribution is 0.310. The van der Waals surface area contributed by atoms with Crippen LogP contribution in [0.1, 0.15) is 16.7 Å². The molecule has 0 aromatic heterocycles. The van der Waals surface area contributed by atoms with Gasteiger partial charge in [-0.3, -0.25) is 9.13 Å². The molecule has 9 heteroatoms. The molecule has 0 aliphatic rings. The molecule has 3 rings (SSSR count). The van der Waals surface area contributed by atoms with E-state index in [0.717, 1.165) is 5.56 Å². The van der Waals surface area contributed by atoms with E-state index in [0.29, 0.717) is 27.6 Å². The molecule has 0 spiro atoms. The molecular weight excluding hydrogens is 402 g/mol. The largest absolute Gasteiger partial charge is 0.488 e. The molecule has 7 nitrogen and oxygen atoms in total. The third-order valence-corrected chi connectivity index (χ3v) is 5.67. The molecule has 0 saturated heterocycles. The van der Waals surface area contributed by atoms with Crippen LogP contribution in [-0.4, -0.2) is 19.6 Å². The van der Waals surface area contributed by atoms with Gasteiger partial charge in [0, 0.05) is 5.39 Å². The molecule has 0 heterocycles. The highest BCUT2D eigenvalue weighted by atomic mass is 31.2. The van der Waals surface area contributed by atoms with E-state index in [4.69, 9.17) is 4.74 Å². The van der Waals surface area contributed by atoms with Crippen molar-refractivity contribution in [2.24, 2.45) is 0 Å². The maximum atomic E-state index is 11.5. The zero-order valence-corrected chi connectivity index (χ0v) is 16.6. The normalized spacial score (nSPS) is 12.3. The third kappa shape index (κ3) is 5.52. The average molecular weight is 422 g/mol. The Morgan fingerprint density at radius 1 is 0.714 bits per heavy atom. The van der Waals surface area contributed by atoms with Crippen molar-refractivity contribution in [2.45, 2.75) is 18.9 Å². The summed E-state index contributed by atoms with van der Waals surface area (Å²) >= 11 is 0. The number of fused-ring (bicyclic) bond motifs is 1. The second-order valence-electron chi connectivity index (χ2n) is 6.48. The second-order valence-corrected chi connectivity index (χ2v) is 9.77. The van der Waals surface area contributed by atoms with Gasteiger partial charge in [0.15, 0.2) is 0 Å². The van der Waals surface area contributed by atoms with Crippen LogP contribution in [0.3, 0.4) is 0 Å². The van der Waals surface area contributed by atoms with Gasteiger partial charge in [-0.15, -0.1) is 0 Å². The lowest BCUT2D eigenvalue weighted by Gasteiger charge is -2.16. The molecule has 4 N–H and O–H groups in total. The Morgan fingerprint density at radius 2 is 1.32 bits per heavy atom. The van der Waals surface area contributed by atoms with Gasteiger partial charge in [-0.05, 0) is 28.1 Å². The van der Waals surface area contributed by atoms with E-state index in [2.05, 4.69) is 0 Å². The summed E-state index contributed by atoms with van der Waals surface area (Å²) in [5, 5.41) is 0.951. The molecule has 0 unspecified atom stereocenters. The Labute approximate surface area is 161 Å². The standard InChI is InChI=1S/C19H20O7P2/c20-27(21,22)12-15-7-4-8-17-18(26-11-14-5-2-1-3-6-14)10-9-16(19(15)17)13-28(23,24)25/h1-10H,11-13H2,(H2,20,21,22)(H2,23,24,25). The summed E-state index contributed by atoms with van der Waals surface area (Å²) in [6.45, 7) is 0.288. The van der Waals surface area contributed by atoms with Crippen LogP contribution in [0.5, 0.6) is 5.75 Å². The highest BCUT2D eigenvalue weighted by Crippen LogP contribution is 2.46. The van der Waals surface area contributed by atoms with Gasteiger partial charge in [-0.1, -0.05) is 54.6 Å². The quantitative estimate of drug-likeness (QED) is 0.427. The minimum Gasteiger partial charge on any atom is -0.488 e. The molecule has 0 atom stereocenters. The van der Waals surface area contributed by atoms with E-state index in [-0.39, 0.29) is 6.61 Å². The molecule has 148 valence electrons. The van der Waals surface area contributed by atoms with Crippen LogP contribution in [0.2, 0.25) is 0 Å². The number of benzene rings is 3. The van der Waals surface area contributed by atoms with Crippen molar-refractivity contribution in [1.82, 2.24) is 0 Å². The molecule has 0 saturated carbocycles. The number of rotatable bonds is 7. The van der Waals surface area contributed by atoms with E-state index in [1.165, 1.54) is 6.07 Å². The number of hydrogen-bond acceptors (Lipinski definition) is 3. The van der Waals surface area contributed by atoms with Gasteiger partial charge >= 0.3 is 15.2 Å². The highest BCUT2D eigenvalue weighted by molar-refractivity contribution is 7.51. The Balaban J connectivity index is 2.08. The Morgan fingerprint density at radius 3 is 1.93 bits per heavy atom.